The molecule has 0 saturated carbocycles. The van der Waals surface area contributed by atoms with Crippen molar-refractivity contribution < 1.29 is 19.4 Å². The van der Waals surface area contributed by atoms with Crippen molar-refractivity contribution in [1.82, 2.24) is 4.90 Å². The molecule has 1 aliphatic heterocycles. The van der Waals surface area contributed by atoms with E-state index in [-0.39, 0.29) is 6.42 Å². The molecule has 5 heteroatoms. The number of carboxylic acid groups (broad SMARTS) is 1. The number of benzene rings is 1. The molecule has 1 saturated heterocycles. The van der Waals surface area contributed by atoms with Crippen LogP contribution >= 0.6 is 0 Å². The van der Waals surface area contributed by atoms with Gasteiger partial charge < -0.3 is 9.84 Å². The van der Waals surface area contributed by atoms with E-state index in [0.717, 1.165) is 5.56 Å². The van der Waals surface area contributed by atoms with Crippen molar-refractivity contribution in [3.8, 4) is 0 Å². The minimum atomic E-state index is -1.24. The number of hydrogen-bond acceptors (Lipinski definition) is 3. The molecular weight excluding hydrogens is 294 g/mol. The van der Waals surface area contributed by atoms with E-state index in [0.29, 0.717) is 6.42 Å². The fourth-order valence-corrected chi connectivity index (χ4v) is 3.10. The van der Waals surface area contributed by atoms with Crippen molar-refractivity contribution in [2.75, 3.05) is 0 Å². The largest absolute Gasteiger partial charge is 0.465 e. The van der Waals surface area contributed by atoms with Crippen LogP contribution in [0.3, 0.4) is 0 Å². The molecule has 2 rings (SSSR count). The molecule has 5 nitrogen and oxygen atoms in total. The van der Waals surface area contributed by atoms with E-state index in [1.54, 1.807) is 6.08 Å². The minimum Gasteiger partial charge on any atom is -0.465 e. The summed E-state index contributed by atoms with van der Waals surface area (Å²) in [5, 5.41) is 9.76. The lowest BCUT2D eigenvalue weighted by molar-refractivity contribution is -0.171. The van der Waals surface area contributed by atoms with Gasteiger partial charge in [0.1, 0.15) is 6.04 Å². The first-order chi connectivity index (χ1) is 10.7. The van der Waals surface area contributed by atoms with Crippen molar-refractivity contribution in [1.29, 1.82) is 0 Å². The zero-order valence-corrected chi connectivity index (χ0v) is 13.8. The second-order valence-electron chi connectivity index (χ2n) is 6.81. The van der Waals surface area contributed by atoms with Crippen LogP contribution in [0.25, 0.3) is 0 Å². The highest BCUT2D eigenvalue weighted by Crippen LogP contribution is 2.46. The topological polar surface area (TPSA) is 66.8 Å². The lowest BCUT2D eigenvalue weighted by Gasteiger charge is -2.44. The first-order valence-electron chi connectivity index (χ1n) is 7.63. The van der Waals surface area contributed by atoms with Gasteiger partial charge in [-0.15, -0.1) is 6.58 Å². The Morgan fingerprint density at radius 3 is 2.48 bits per heavy atom. The van der Waals surface area contributed by atoms with Gasteiger partial charge in [-0.3, -0.25) is 4.90 Å². The van der Waals surface area contributed by atoms with E-state index in [1.807, 2.05) is 51.1 Å². The number of ether oxygens (including phenoxy) is 1. The van der Waals surface area contributed by atoms with Gasteiger partial charge in [0.05, 0.1) is 0 Å². The number of hydrogen-bond donors (Lipinski definition) is 1. The van der Waals surface area contributed by atoms with Crippen LogP contribution in [0.5, 0.6) is 0 Å². The molecule has 0 bridgehead atoms. The van der Waals surface area contributed by atoms with Gasteiger partial charge in [0.25, 0.3) is 0 Å². The predicted molar refractivity (Wildman–Crippen MR) is 86.9 cm³/mol. The first kappa shape index (κ1) is 17.1. The SMILES string of the molecule is C=CC[C@@]1(C(C)(C)C)OC(=O)[C@H](Cc2ccccc2)N1C(=O)O. The molecule has 0 aromatic heterocycles. The quantitative estimate of drug-likeness (QED) is 0.682. The van der Waals surface area contributed by atoms with Crippen LogP contribution in [-0.4, -0.2) is 33.8 Å². The molecule has 2 atom stereocenters. The van der Waals surface area contributed by atoms with Crippen LogP contribution < -0.4 is 0 Å². The van der Waals surface area contributed by atoms with E-state index in [1.165, 1.54) is 4.90 Å². The fourth-order valence-electron chi connectivity index (χ4n) is 3.10. The number of esters is 1. The Morgan fingerprint density at radius 2 is 2.00 bits per heavy atom. The summed E-state index contributed by atoms with van der Waals surface area (Å²) in [6.45, 7) is 9.30. The fraction of sp³-hybridized carbons (Fsp3) is 0.444. The second kappa shape index (κ2) is 6.07. The second-order valence-corrected chi connectivity index (χ2v) is 6.81. The molecule has 1 aliphatic rings. The van der Waals surface area contributed by atoms with Gasteiger partial charge in [-0.25, -0.2) is 9.59 Å². The summed E-state index contributed by atoms with van der Waals surface area (Å²) in [6, 6.07) is 8.50. The summed E-state index contributed by atoms with van der Waals surface area (Å²) in [7, 11) is 0. The Morgan fingerprint density at radius 1 is 1.39 bits per heavy atom. The molecule has 0 aliphatic carbocycles. The highest BCUT2D eigenvalue weighted by molar-refractivity contribution is 5.85. The Labute approximate surface area is 136 Å². The lowest BCUT2D eigenvalue weighted by Crippen LogP contribution is -2.58. The Balaban J connectivity index is 2.45. The van der Waals surface area contributed by atoms with Gasteiger partial charge in [-0.1, -0.05) is 57.2 Å². The van der Waals surface area contributed by atoms with E-state index in [2.05, 4.69) is 6.58 Å². The zero-order valence-electron chi connectivity index (χ0n) is 13.8. The smallest absolute Gasteiger partial charge is 0.411 e. The standard InChI is InChI=1S/C18H23NO4/c1-5-11-18(17(2,3)4)19(16(21)22)14(15(20)23-18)12-13-9-7-6-8-10-13/h5-10,14H,1,11-12H2,2-4H3,(H,21,22)/t14-,18-/m0/s1. The molecule has 1 aromatic carbocycles. The Bertz CT molecular complexity index is 605. The summed E-state index contributed by atoms with van der Waals surface area (Å²) < 4.78 is 5.65. The van der Waals surface area contributed by atoms with Crippen molar-refractivity contribution in [3.63, 3.8) is 0 Å². The molecule has 1 amide bonds. The van der Waals surface area contributed by atoms with E-state index >= 15 is 0 Å². The van der Waals surface area contributed by atoms with Crippen LogP contribution in [0.1, 0.15) is 32.8 Å². The average molecular weight is 317 g/mol. The van der Waals surface area contributed by atoms with Gasteiger partial charge in [0.2, 0.25) is 0 Å². The van der Waals surface area contributed by atoms with Gasteiger partial charge in [-0.05, 0) is 5.56 Å². The molecular formula is C18H23NO4. The van der Waals surface area contributed by atoms with Crippen molar-refractivity contribution in [2.24, 2.45) is 5.41 Å². The predicted octanol–water partition coefficient (Wildman–Crippen LogP) is 3.45. The van der Waals surface area contributed by atoms with Crippen LogP contribution in [-0.2, 0) is 16.0 Å². The number of carbonyl (C=O) groups is 2. The summed E-state index contributed by atoms with van der Waals surface area (Å²) in [5.74, 6) is -0.506. The van der Waals surface area contributed by atoms with Crippen LogP contribution in [0.15, 0.2) is 43.0 Å². The van der Waals surface area contributed by atoms with Crippen molar-refractivity contribution in [2.45, 2.75) is 45.4 Å². The van der Waals surface area contributed by atoms with Gasteiger partial charge in [-0.2, -0.15) is 0 Å². The lowest BCUT2D eigenvalue weighted by atomic mass is 9.79. The third kappa shape index (κ3) is 2.96. The van der Waals surface area contributed by atoms with Gasteiger partial charge in [0, 0.05) is 18.3 Å². The molecule has 0 unspecified atom stereocenters. The molecule has 1 aromatic rings. The maximum absolute atomic E-state index is 12.5. The third-order valence-corrected chi connectivity index (χ3v) is 4.31. The molecule has 1 heterocycles. The molecule has 1 fully saturated rings. The Kier molecular flexibility index (Phi) is 4.50. The van der Waals surface area contributed by atoms with E-state index in [4.69, 9.17) is 4.74 Å². The van der Waals surface area contributed by atoms with E-state index in [9.17, 15) is 14.7 Å². The third-order valence-electron chi connectivity index (χ3n) is 4.31. The minimum absolute atomic E-state index is 0.250. The summed E-state index contributed by atoms with van der Waals surface area (Å²) >= 11 is 0. The summed E-state index contributed by atoms with van der Waals surface area (Å²) in [6.07, 6.45) is 0.980. The monoisotopic (exact) mass is 317 g/mol. The Hall–Kier alpha value is -2.30. The van der Waals surface area contributed by atoms with Crippen LogP contribution in [0.2, 0.25) is 0 Å². The maximum atomic E-state index is 12.5. The number of carbonyl (C=O) groups excluding carboxylic acids is 1. The summed E-state index contributed by atoms with van der Waals surface area (Å²) in [5.41, 5.74) is -0.929. The molecule has 1 N–H and O–H groups in total. The molecule has 0 radical (unpaired) electrons. The van der Waals surface area contributed by atoms with Crippen LogP contribution in [0.4, 0.5) is 4.79 Å². The van der Waals surface area contributed by atoms with E-state index < -0.39 is 29.2 Å². The average Bonchev–Trinajstić information content (AvgIpc) is 2.73. The number of amides is 1. The zero-order chi connectivity index (χ0) is 17.3. The highest BCUT2D eigenvalue weighted by atomic mass is 16.6. The van der Waals surface area contributed by atoms with Gasteiger partial charge in [0.15, 0.2) is 5.72 Å². The number of cyclic esters (lactones) is 1. The molecule has 0 spiro atoms. The highest BCUT2D eigenvalue weighted by Gasteiger charge is 2.61. The summed E-state index contributed by atoms with van der Waals surface area (Å²) in [4.78, 5) is 25.6. The maximum Gasteiger partial charge on any atom is 0.411 e. The van der Waals surface area contributed by atoms with Crippen molar-refractivity contribution in [3.05, 3.63) is 48.6 Å². The van der Waals surface area contributed by atoms with Crippen molar-refractivity contribution >= 4 is 12.1 Å². The number of nitrogens with zero attached hydrogens (tertiary/aromatic N) is 1. The normalized spacial score (nSPS) is 24.4. The van der Waals surface area contributed by atoms with Gasteiger partial charge >= 0.3 is 12.1 Å². The molecule has 124 valence electrons. The number of rotatable bonds is 4. The molecule has 23 heavy (non-hydrogen) atoms. The van der Waals surface area contributed by atoms with Crippen LogP contribution in [0, 0.1) is 5.41 Å². The first-order valence-corrected chi connectivity index (χ1v) is 7.63.